The van der Waals surface area contributed by atoms with E-state index in [1.807, 2.05) is 18.2 Å². The fourth-order valence-electron chi connectivity index (χ4n) is 1.27. The lowest BCUT2D eigenvalue weighted by molar-refractivity contribution is 0.102. The molecule has 2 aromatic rings. The van der Waals surface area contributed by atoms with Gasteiger partial charge in [-0.3, -0.25) is 4.79 Å². The maximum atomic E-state index is 11.2. The van der Waals surface area contributed by atoms with E-state index < -0.39 is 0 Å². The summed E-state index contributed by atoms with van der Waals surface area (Å²) in [7, 11) is 0. The van der Waals surface area contributed by atoms with Crippen molar-refractivity contribution in [2.24, 2.45) is 0 Å². The van der Waals surface area contributed by atoms with E-state index in [4.69, 9.17) is 11.6 Å². The standard InChI is InChI=1S/C10H6BrClOS/c1-5(13)10-9(12)7-3-2-6(11)4-8(7)14-10/h2-4H,1H3. The van der Waals surface area contributed by atoms with Crippen molar-refractivity contribution in [2.75, 3.05) is 0 Å². The van der Waals surface area contributed by atoms with Gasteiger partial charge in [0.15, 0.2) is 5.78 Å². The maximum Gasteiger partial charge on any atom is 0.171 e. The molecule has 0 aliphatic rings. The predicted octanol–water partition coefficient (Wildman–Crippen LogP) is 4.52. The average Bonchev–Trinajstić information content (AvgIpc) is 2.43. The second-order valence-electron chi connectivity index (χ2n) is 2.94. The van der Waals surface area contributed by atoms with Crippen LogP contribution in [0.4, 0.5) is 0 Å². The zero-order valence-corrected chi connectivity index (χ0v) is 10.5. The van der Waals surface area contributed by atoms with Gasteiger partial charge in [-0.2, -0.15) is 0 Å². The Morgan fingerprint density at radius 1 is 1.50 bits per heavy atom. The van der Waals surface area contributed by atoms with Crippen LogP contribution in [0.25, 0.3) is 10.1 Å². The molecule has 0 atom stereocenters. The van der Waals surface area contributed by atoms with Gasteiger partial charge in [-0.05, 0) is 12.1 Å². The molecule has 0 saturated carbocycles. The fraction of sp³-hybridized carbons (Fsp3) is 0.100. The minimum absolute atomic E-state index is 0.0207. The van der Waals surface area contributed by atoms with Gasteiger partial charge in [0.2, 0.25) is 0 Å². The summed E-state index contributed by atoms with van der Waals surface area (Å²) in [6.07, 6.45) is 0. The lowest BCUT2D eigenvalue weighted by Crippen LogP contribution is -1.85. The molecule has 4 heteroatoms. The van der Waals surface area contributed by atoms with Gasteiger partial charge in [0, 0.05) is 21.5 Å². The van der Waals surface area contributed by atoms with Gasteiger partial charge < -0.3 is 0 Å². The summed E-state index contributed by atoms with van der Waals surface area (Å²) < 4.78 is 2.03. The molecule has 0 N–H and O–H groups in total. The number of hydrogen-bond acceptors (Lipinski definition) is 2. The molecule has 72 valence electrons. The Kier molecular flexibility index (Phi) is 2.64. The smallest absolute Gasteiger partial charge is 0.171 e. The number of halogens is 2. The summed E-state index contributed by atoms with van der Waals surface area (Å²) >= 11 is 10.9. The average molecular weight is 290 g/mol. The number of Topliss-reactive ketones (excluding diaryl/α,β-unsaturated/α-hetero) is 1. The second-order valence-corrected chi connectivity index (χ2v) is 5.29. The number of rotatable bonds is 1. The number of fused-ring (bicyclic) bond motifs is 1. The van der Waals surface area contributed by atoms with E-state index in [0.29, 0.717) is 9.90 Å². The van der Waals surface area contributed by atoms with Gasteiger partial charge in [0.1, 0.15) is 0 Å². The summed E-state index contributed by atoms with van der Waals surface area (Å²) in [5, 5.41) is 1.52. The molecule has 1 nitrogen and oxygen atoms in total. The van der Waals surface area contributed by atoms with E-state index in [0.717, 1.165) is 14.6 Å². The van der Waals surface area contributed by atoms with Crippen LogP contribution < -0.4 is 0 Å². The van der Waals surface area contributed by atoms with Crippen LogP contribution >= 0.6 is 38.9 Å². The molecule has 0 saturated heterocycles. The molecule has 0 radical (unpaired) electrons. The highest BCUT2D eigenvalue weighted by Crippen LogP contribution is 2.36. The highest BCUT2D eigenvalue weighted by atomic mass is 79.9. The first kappa shape index (κ1) is 10.1. The minimum Gasteiger partial charge on any atom is -0.294 e. The Bertz CT molecular complexity index is 518. The van der Waals surface area contributed by atoms with Gasteiger partial charge in [-0.15, -0.1) is 11.3 Å². The summed E-state index contributed by atoms with van der Waals surface area (Å²) in [6, 6.07) is 5.81. The lowest BCUT2D eigenvalue weighted by atomic mass is 10.2. The summed E-state index contributed by atoms with van der Waals surface area (Å²) in [4.78, 5) is 11.9. The molecule has 0 aliphatic carbocycles. The molecule has 0 unspecified atom stereocenters. The topological polar surface area (TPSA) is 17.1 Å². The Labute approximate surface area is 98.8 Å². The third kappa shape index (κ3) is 1.60. The number of ketones is 1. The molecular formula is C10H6BrClOS. The Morgan fingerprint density at radius 3 is 2.86 bits per heavy atom. The molecule has 14 heavy (non-hydrogen) atoms. The lowest BCUT2D eigenvalue weighted by Gasteiger charge is -1.90. The van der Waals surface area contributed by atoms with E-state index in [-0.39, 0.29) is 5.78 Å². The number of thiophene rings is 1. The maximum absolute atomic E-state index is 11.2. The van der Waals surface area contributed by atoms with Crippen molar-refractivity contribution in [2.45, 2.75) is 6.92 Å². The van der Waals surface area contributed by atoms with Crippen LogP contribution in [0.2, 0.25) is 5.02 Å². The number of hydrogen-bond donors (Lipinski definition) is 0. The minimum atomic E-state index is 0.0207. The van der Waals surface area contributed by atoms with Crippen LogP contribution in [0.1, 0.15) is 16.6 Å². The molecule has 0 fully saturated rings. The SMILES string of the molecule is CC(=O)c1sc2cc(Br)ccc2c1Cl. The fourth-order valence-corrected chi connectivity index (χ4v) is 3.28. The van der Waals surface area contributed by atoms with Crippen LogP contribution in [-0.2, 0) is 0 Å². The summed E-state index contributed by atoms with van der Waals surface area (Å²) in [5.41, 5.74) is 0. The Morgan fingerprint density at radius 2 is 2.21 bits per heavy atom. The van der Waals surface area contributed by atoms with Gasteiger partial charge in [-0.25, -0.2) is 0 Å². The predicted molar refractivity (Wildman–Crippen MR) is 64.5 cm³/mol. The van der Waals surface area contributed by atoms with Crippen molar-refractivity contribution < 1.29 is 4.79 Å². The zero-order valence-electron chi connectivity index (χ0n) is 7.30. The molecule has 0 aliphatic heterocycles. The third-order valence-corrected chi connectivity index (χ3v) is 4.16. The molecule has 0 bridgehead atoms. The first-order valence-electron chi connectivity index (χ1n) is 3.98. The van der Waals surface area contributed by atoms with Crippen molar-refractivity contribution in [1.82, 2.24) is 0 Å². The highest BCUT2D eigenvalue weighted by Gasteiger charge is 2.13. The summed E-state index contributed by atoms with van der Waals surface area (Å²) in [6.45, 7) is 1.53. The van der Waals surface area contributed by atoms with E-state index in [9.17, 15) is 4.79 Å². The van der Waals surface area contributed by atoms with Crippen molar-refractivity contribution in [1.29, 1.82) is 0 Å². The van der Waals surface area contributed by atoms with Crippen molar-refractivity contribution in [3.05, 3.63) is 32.6 Å². The highest BCUT2D eigenvalue weighted by molar-refractivity contribution is 9.10. The van der Waals surface area contributed by atoms with E-state index in [1.165, 1.54) is 18.3 Å². The number of benzene rings is 1. The van der Waals surface area contributed by atoms with Gasteiger partial charge >= 0.3 is 0 Å². The van der Waals surface area contributed by atoms with Crippen LogP contribution in [0.5, 0.6) is 0 Å². The van der Waals surface area contributed by atoms with Gasteiger partial charge in [0.05, 0.1) is 9.90 Å². The third-order valence-electron chi connectivity index (χ3n) is 1.91. The quantitative estimate of drug-likeness (QED) is 0.705. The van der Waals surface area contributed by atoms with Gasteiger partial charge in [0.25, 0.3) is 0 Å². The molecule has 1 heterocycles. The molecule has 1 aromatic heterocycles. The summed E-state index contributed by atoms with van der Waals surface area (Å²) in [5.74, 6) is 0.0207. The van der Waals surface area contributed by atoms with Crippen LogP contribution in [0.15, 0.2) is 22.7 Å². The normalized spacial score (nSPS) is 10.8. The monoisotopic (exact) mass is 288 g/mol. The second kappa shape index (κ2) is 3.65. The molecule has 1 aromatic carbocycles. The van der Waals surface area contributed by atoms with Crippen LogP contribution in [-0.4, -0.2) is 5.78 Å². The Balaban J connectivity index is 2.79. The van der Waals surface area contributed by atoms with E-state index in [2.05, 4.69) is 15.9 Å². The number of carbonyl (C=O) groups excluding carboxylic acids is 1. The van der Waals surface area contributed by atoms with Gasteiger partial charge in [-0.1, -0.05) is 33.6 Å². The first-order chi connectivity index (χ1) is 6.59. The van der Waals surface area contributed by atoms with Crippen LogP contribution in [0.3, 0.4) is 0 Å². The van der Waals surface area contributed by atoms with Crippen LogP contribution in [0, 0.1) is 0 Å². The van der Waals surface area contributed by atoms with E-state index in [1.54, 1.807) is 0 Å². The zero-order chi connectivity index (χ0) is 10.3. The largest absolute Gasteiger partial charge is 0.294 e. The van der Waals surface area contributed by atoms with Crippen molar-refractivity contribution in [3.8, 4) is 0 Å². The molecule has 0 amide bonds. The molecule has 2 rings (SSSR count). The van der Waals surface area contributed by atoms with Crippen molar-refractivity contribution in [3.63, 3.8) is 0 Å². The molecule has 0 spiro atoms. The first-order valence-corrected chi connectivity index (χ1v) is 5.97. The molecular weight excluding hydrogens is 284 g/mol. The Hall–Kier alpha value is -0.380. The number of carbonyl (C=O) groups is 1. The van der Waals surface area contributed by atoms with E-state index >= 15 is 0 Å². The van der Waals surface area contributed by atoms with Crippen molar-refractivity contribution >= 4 is 54.7 Å².